The molecular formula is C11H25OP. The number of hydrogen-bond acceptors (Lipinski definition) is 1. The first-order valence-corrected chi connectivity index (χ1v) is 6.62. The van der Waals surface area contributed by atoms with Crippen LogP contribution >= 0.6 is 8.15 Å². The molecule has 0 fully saturated rings. The highest BCUT2D eigenvalue weighted by molar-refractivity contribution is 7.55. The molecule has 13 heavy (non-hydrogen) atoms. The summed E-state index contributed by atoms with van der Waals surface area (Å²) in [6, 6.07) is 0. The van der Waals surface area contributed by atoms with E-state index < -0.39 is 8.15 Å². The molecule has 0 saturated heterocycles. The smallest absolute Gasteiger partial charge is 0.0369 e. The zero-order valence-corrected chi connectivity index (χ0v) is 10.9. The van der Waals surface area contributed by atoms with Crippen LogP contribution < -0.4 is 0 Å². The second-order valence-electron chi connectivity index (χ2n) is 4.68. The van der Waals surface area contributed by atoms with E-state index in [0.29, 0.717) is 0 Å². The van der Waals surface area contributed by atoms with Crippen molar-refractivity contribution in [2.75, 3.05) is 0 Å². The van der Waals surface area contributed by atoms with Gasteiger partial charge < -0.3 is 4.89 Å². The third-order valence-electron chi connectivity index (χ3n) is 3.47. The Morgan fingerprint density at radius 3 is 1.54 bits per heavy atom. The largest absolute Gasteiger partial charge is 0.373 e. The van der Waals surface area contributed by atoms with Crippen LogP contribution in [0.4, 0.5) is 0 Å². The Labute approximate surface area is 84.8 Å². The first-order valence-electron chi connectivity index (χ1n) is 5.33. The Morgan fingerprint density at radius 1 is 0.923 bits per heavy atom. The summed E-state index contributed by atoms with van der Waals surface area (Å²) in [7, 11) is -0.870. The van der Waals surface area contributed by atoms with Gasteiger partial charge in [-0.05, 0) is 19.3 Å². The fourth-order valence-corrected chi connectivity index (χ4v) is 3.79. The molecule has 0 spiro atoms. The van der Waals surface area contributed by atoms with Crippen LogP contribution in [0.5, 0.6) is 0 Å². The van der Waals surface area contributed by atoms with Gasteiger partial charge in [-0.3, -0.25) is 0 Å². The predicted octanol–water partition coefficient (Wildman–Crippen LogP) is 4.14. The number of rotatable bonds is 5. The van der Waals surface area contributed by atoms with Crippen molar-refractivity contribution in [3.05, 3.63) is 0 Å². The molecule has 0 aromatic heterocycles. The van der Waals surface area contributed by atoms with Gasteiger partial charge in [-0.2, -0.15) is 0 Å². The molecular weight excluding hydrogens is 179 g/mol. The van der Waals surface area contributed by atoms with Gasteiger partial charge >= 0.3 is 0 Å². The summed E-state index contributed by atoms with van der Waals surface area (Å²) in [4.78, 5) is 10.4. The molecule has 0 aliphatic rings. The van der Waals surface area contributed by atoms with Gasteiger partial charge in [-0.1, -0.05) is 41.5 Å². The Morgan fingerprint density at radius 2 is 1.31 bits per heavy atom. The van der Waals surface area contributed by atoms with Crippen LogP contribution in [0.3, 0.4) is 0 Å². The molecule has 1 unspecified atom stereocenters. The minimum atomic E-state index is -0.870. The van der Waals surface area contributed by atoms with Crippen LogP contribution in [0, 0.1) is 0 Å². The Bertz CT molecular complexity index is 150. The van der Waals surface area contributed by atoms with Gasteiger partial charge in [0.05, 0.1) is 0 Å². The van der Waals surface area contributed by atoms with E-state index in [0.717, 1.165) is 19.3 Å². The van der Waals surface area contributed by atoms with Crippen molar-refractivity contribution in [2.24, 2.45) is 0 Å². The van der Waals surface area contributed by atoms with Gasteiger partial charge in [0.1, 0.15) is 0 Å². The van der Waals surface area contributed by atoms with Crippen molar-refractivity contribution in [2.45, 2.75) is 71.1 Å². The molecule has 1 atom stereocenters. The molecule has 1 nitrogen and oxygen atoms in total. The highest BCUT2D eigenvalue weighted by Gasteiger charge is 2.39. The second kappa shape index (κ2) is 4.75. The molecule has 0 aliphatic carbocycles. The first-order chi connectivity index (χ1) is 5.84. The van der Waals surface area contributed by atoms with Crippen molar-refractivity contribution in [3.8, 4) is 0 Å². The number of hydrogen-bond donors (Lipinski definition) is 1. The van der Waals surface area contributed by atoms with Crippen molar-refractivity contribution in [3.63, 3.8) is 0 Å². The summed E-state index contributed by atoms with van der Waals surface area (Å²) >= 11 is 0. The summed E-state index contributed by atoms with van der Waals surface area (Å²) in [5, 5.41) is 0.255. The van der Waals surface area contributed by atoms with Gasteiger partial charge in [0.2, 0.25) is 0 Å². The van der Waals surface area contributed by atoms with Crippen LogP contribution in [-0.4, -0.2) is 15.2 Å². The standard InChI is InChI=1S/C11H25OP/c1-7-10(4,5)13(12)11(6,8-2)9-3/h12H,7-9H2,1-6H3. The topological polar surface area (TPSA) is 20.2 Å². The highest BCUT2D eigenvalue weighted by atomic mass is 31.1. The summed E-state index contributed by atoms with van der Waals surface area (Å²) < 4.78 is 0. The second-order valence-corrected chi connectivity index (χ2v) is 7.60. The highest BCUT2D eigenvalue weighted by Crippen LogP contribution is 2.60. The van der Waals surface area contributed by atoms with Crippen LogP contribution in [-0.2, 0) is 0 Å². The van der Waals surface area contributed by atoms with E-state index in [1.54, 1.807) is 0 Å². The van der Waals surface area contributed by atoms with Crippen LogP contribution in [0.2, 0.25) is 0 Å². The normalized spacial score (nSPS) is 15.9. The molecule has 0 saturated carbocycles. The van der Waals surface area contributed by atoms with E-state index in [2.05, 4.69) is 41.5 Å². The quantitative estimate of drug-likeness (QED) is 0.667. The SMILES string of the molecule is CCC(C)(C)P(O)C(C)(CC)CC. The maximum absolute atomic E-state index is 10.4. The van der Waals surface area contributed by atoms with Crippen molar-refractivity contribution in [1.82, 2.24) is 0 Å². The van der Waals surface area contributed by atoms with E-state index in [4.69, 9.17) is 0 Å². The molecule has 0 rings (SSSR count). The molecule has 80 valence electrons. The molecule has 0 aromatic rings. The molecule has 0 heterocycles. The predicted molar refractivity (Wildman–Crippen MR) is 62.5 cm³/mol. The lowest BCUT2D eigenvalue weighted by Gasteiger charge is -2.41. The average molecular weight is 204 g/mol. The van der Waals surface area contributed by atoms with Crippen LogP contribution in [0.15, 0.2) is 0 Å². The van der Waals surface area contributed by atoms with Gasteiger partial charge in [-0.25, -0.2) is 0 Å². The average Bonchev–Trinajstić information content (AvgIpc) is 2.15. The zero-order valence-electron chi connectivity index (χ0n) is 10.0. The van der Waals surface area contributed by atoms with E-state index in [-0.39, 0.29) is 10.3 Å². The maximum atomic E-state index is 10.4. The molecule has 0 aliphatic heterocycles. The third-order valence-corrected chi connectivity index (χ3v) is 6.59. The Balaban J connectivity index is 4.64. The minimum Gasteiger partial charge on any atom is -0.373 e. The fraction of sp³-hybridized carbons (Fsp3) is 1.00. The van der Waals surface area contributed by atoms with Gasteiger partial charge in [0.25, 0.3) is 0 Å². The molecule has 0 radical (unpaired) electrons. The van der Waals surface area contributed by atoms with E-state index in [1.165, 1.54) is 0 Å². The third kappa shape index (κ3) is 2.92. The molecule has 2 heteroatoms. The Kier molecular flexibility index (Phi) is 4.90. The van der Waals surface area contributed by atoms with Gasteiger partial charge in [0, 0.05) is 18.5 Å². The maximum Gasteiger partial charge on any atom is 0.0369 e. The summed E-state index contributed by atoms with van der Waals surface area (Å²) in [5.74, 6) is 0. The zero-order chi connectivity index (χ0) is 10.7. The monoisotopic (exact) mass is 204 g/mol. The van der Waals surface area contributed by atoms with Gasteiger partial charge in [0.15, 0.2) is 0 Å². The van der Waals surface area contributed by atoms with E-state index in [9.17, 15) is 4.89 Å². The molecule has 0 aromatic carbocycles. The van der Waals surface area contributed by atoms with Crippen LogP contribution in [0.25, 0.3) is 0 Å². The fourth-order valence-electron chi connectivity index (χ4n) is 1.43. The van der Waals surface area contributed by atoms with Crippen molar-refractivity contribution >= 4 is 8.15 Å². The van der Waals surface area contributed by atoms with E-state index >= 15 is 0 Å². The first kappa shape index (κ1) is 13.4. The lowest BCUT2D eigenvalue weighted by Crippen LogP contribution is -2.30. The van der Waals surface area contributed by atoms with Crippen LogP contribution in [0.1, 0.15) is 60.8 Å². The summed E-state index contributed by atoms with van der Waals surface area (Å²) in [6.45, 7) is 13.1. The summed E-state index contributed by atoms with van der Waals surface area (Å²) in [5.41, 5.74) is 0. The minimum absolute atomic E-state index is 0.107. The van der Waals surface area contributed by atoms with E-state index in [1.807, 2.05) is 0 Å². The van der Waals surface area contributed by atoms with Crippen molar-refractivity contribution in [1.29, 1.82) is 0 Å². The Hall–Kier alpha value is 0.390. The lowest BCUT2D eigenvalue weighted by atomic mass is 10.1. The molecule has 0 amide bonds. The van der Waals surface area contributed by atoms with Gasteiger partial charge in [-0.15, -0.1) is 0 Å². The summed E-state index contributed by atoms with van der Waals surface area (Å²) in [6.07, 6.45) is 3.22. The molecule has 0 bridgehead atoms. The van der Waals surface area contributed by atoms with Crippen molar-refractivity contribution < 1.29 is 4.89 Å². The molecule has 1 N–H and O–H groups in total. The lowest BCUT2D eigenvalue weighted by molar-refractivity contribution is 0.467.